The van der Waals surface area contributed by atoms with Crippen LogP contribution in [-0.2, 0) is 16.1 Å². The highest BCUT2D eigenvalue weighted by Crippen LogP contribution is 2.08. The molecule has 0 bridgehead atoms. The van der Waals surface area contributed by atoms with Gasteiger partial charge in [-0.1, -0.05) is 6.92 Å². The summed E-state index contributed by atoms with van der Waals surface area (Å²) >= 11 is 0. The second kappa shape index (κ2) is 5.44. The Morgan fingerprint density at radius 2 is 2.24 bits per heavy atom. The molecule has 0 aliphatic carbocycles. The van der Waals surface area contributed by atoms with Crippen LogP contribution in [0.2, 0.25) is 0 Å². The lowest BCUT2D eigenvalue weighted by Crippen LogP contribution is -2.34. The number of nitrogens with one attached hydrogen (secondary N) is 1. The molecule has 1 aromatic rings. The molecule has 1 amide bonds. The van der Waals surface area contributed by atoms with Gasteiger partial charge in [0.25, 0.3) is 0 Å². The number of carboxylic acids is 1. The number of amides is 1. The zero-order chi connectivity index (χ0) is 13.0. The van der Waals surface area contributed by atoms with Crippen molar-refractivity contribution in [3.8, 4) is 0 Å². The van der Waals surface area contributed by atoms with Gasteiger partial charge in [-0.3, -0.25) is 14.3 Å². The van der Waals surface area contributed by atoms with E-state index in [4.69, 9.17) is 10.8 Å². The summed E-state index contributed by atoms with van der Waals surface area (Å²) in [6.45, 7) is 3.23. The van der Waals surface area contributed by atoms with E-state index in [0.29, 0.717) is 5.69 Å². The van der Waals surface area contributed by atoms with E-state index in [1.807, 2.05) is 0 Å². The van der Waals surface area contributed by atoms with Crippen molar-refractivity contribution in [2.75, 3.05) is 5.32 Å². The molecule has 0 aliphatic rings. The molecule has 17 heavy (non-hydrogen) atoms. The molecule has 4 N–H and O–H groups in total. The Morgan fingerprint density at radius 3 is 2.76 bits per heavy atom. The van der Waals surface area contributed by atoms with Gasteiger partial charge in [0.15, 0.2) is 0 Å². The third-order valence-corrected chi connectivity index (χ3v) is 2.40. The Labute approximate surface area is 98.6 Å². The number of carboxylic acid groups (broad SMARTS) is 1. The van der Waals surface area contributed by atoms with E-state index >= 15 is 0 Å². The van der Waals surface area contributed by atoms with Crippen molar-refractivity contribution in [3.63, 3.8) is 0 Å². The Hall–Kier alpha value is -1.89. The van der Waals surface area contributed by atoms with Crippen LogP contribution < -0.4 is 11.1 Å². The molecule has 2 unspecified atom stereocenters. The average molecular weight is 240 g/mol. The third kappa shape index (κ3) is 3.87. The van der Waals surface area contributed by atoms with Crippen LogP contribution in [0.5, 0.6) is 0 Å². The fourth-order valence-corrected chi connectivity index (χ4v) is 1.15. The smallest absolute Gasteiger partial charge is 0.325 e. The summed E-state index contributed by atoms with van der Waals surface area (Å²) in [5.74, 6) is -1.53. The van der Waals surface area contributed by atoms with Gasteiger partial charge in [-0.15, -0.1) is 0 Å². The molecule has 1 rings (SSSR count). The lowest BCUT2D eigenvalue weighted by atomic mass is 10.0. The number of carbonyl (C=O) groups is 2. The van der Waals surface area contributed by atoms with Gasteiger partial charge in [0.05, 0.1) is 17.8 Å². The van der Waals surface area contributed by atoms with E-state index in [1.165, 1.54) is 17.1 Å². The largest absolute Gasteiger partial charge is 0.480 e. The Morgan fingerprint density at radius 1 is 1.59 bits per heavy atom. The number of aliphatic carboxylic acids is 1. The van der Waals surface area contributed by atoms with Crippen molar-refractivity contribution in [2.45, 2.75) is 26.4 Å². The molecule has 0 radical (unpaired) electrons. The highest BCUT2D eigenvalue weighted by Gasteiger charge is 2.17. The standard InChI is InChI=1S/C10H16N4O3/c1-6(7(2)11)10(17)13-8-3-12-14(4-8)5-9(15)16/h3-4,6-7H,5,11H2,1-2H3,(H,13,17)(H,15,16). The molecule has 94 valence electrons. The number of hydrogen-bond donors (Lipinski definition) is 3. The zero-order valence-corrected chi connectivity index (χ0v) is 9.75. The summed E-state index contributed by atoms with van der Waals surface area (Å²) in [7, 11) is 0. The quantitative estimate of drug-likeness (QED) is 0.665. The van der Waals surface area contributed by atoms with E-state index in [0.717, 1.165) is 0 Å². The van der Waals surface area contributed by atoms with Crippen LogP contribution in [0.25, 0.3) is 0 Å². The van der Waals surface area contributed by atoms with Crippen molar-refractivity contribution in [1.29, 1.82) is 0 Å². The minimum absolute atomic E-state index is 0.213. The minimum Gasteiger partial charge on any atom is -0.480 e. The number of carbonyl (C=O) groups excluding carboxylic acids is 1. The number of nitrogens with zero attached hydrogens (tertiary/aromatic N) is 2. The van der Waals surface area contributed by atoms with Gasteiger partial charge < -0.3 is 16.2 Å². The van der Waals surface area contributed by atoms with Gasteiger partial charge in [-0.2, -0.15) is 5.10 Å². The molecule has 0 saturated carbocycles. The summed E-state index contributed by atoms with van der Waals surface area (Å²) in [4.78, 5) is 22.1. The summed E-state index contributed by atoms with van der Waals surface area (Å²) in [5, 5.41) is 15.0. The number of nitrogens with two attached hydrogens (primary N) is 1. The van der Waals surface area contributed by atoms with E-state index in [-0.39, 0.29) is 24.4 Å². The molecular formula is C10H16N4O3. The normalized spacial score (nSPS) is 14.1. The van der Waals surface area contributed by atoms with Gasteiger partial charge in [0.2, 0.25) is 5.91 Å². The first-order valence-corrected chi connectivity index (χ1v) is 5.21. The maximum Gasteiger partial charge on any atom is 0.325 e. The van der Waals surface area contributed by atoms with Gasteiger partial charge in [-0.25, -0.2) is 0 Å². The molecule has 1 aromatic heterocycles. The molecule has 0 spiro atoms. The molecular weight excluding hydrogens is 224 g/mol. The summed E-state index contributed by atoms with van der Waals surface area (Å²) in [5.41, 5.74) is 6.06. The fourth-order valence-electron chi connectivity index (χ4n) is 1.15. The maximum absolute atomic E-state index is 11.6. The molecule has 0 aliphatic heterocycles. The Kier molecular flexibility index (Phi) is 4.22. The van der Waals surface area contributed by atoms with E-state index < -0.39 is 5.97 Å². The predicted octanol–water partition coefficient (Wildman–Crippen LogP) is -0.111. The number of rotatable bonds is 5. The van der Waals surface area contributed by atoms with Crippen LogP contribution in [0.15, 0.2) is 12.4 Å². The number of hydrogen-bond acceptors (Lipinski definition) is 4. The van der Waals surface area contributed by atoms with E-state index in [9.17, 15) is 9.59 Å². The Balaban J connectivity index is 2.60. The Bertz CT molecular complexity index is 413. The summed E-state index contributed by atoms with van der Waals surface area (Å²) in [6.07, 6.45) is 2.86. The topological polar surface area (TPSA) is 110 Å². The highest BCUT2D eigenvalue weighted by atomic mass is 16.4. The van der Waals surface area contributed by atoms with Crippen LogP contribution in [-0.4, -0.2) is 32.8 Å². The lowest BCUT2D eigenvalue weighted by Gasteiger charge is -2.14. The number of anilines is 1. The van der Waals surface area contributed by atoms with Crippen LogP contribution in [0.1, 0.15) is 13.8 Å². The predicted molar refractivity (Wildman–Crippen MR) is 61.3 cm³/mol. The van der Waals surface area contributed by atoms with Crippen LogP contribution in [0.4, 0.5) is 5.69 Å². The molecule has 7 nitrogen and oxygen atoms in total. The first-order chi connectivity index (χ1) is 7.90. The molecule has 0 saturated heterocycles. The monoisotopic (exact) mass is 240 g/mol. The van der Waals surface area contributed by atoms with Crippen LogP contribution in [0, 0.1) is 5.92 Å². The van der Waals surface area contributed by atoms with Gasteiger partial charge in [0, 0.05) is 12.2 Å². The van der Waals surface area contributed by atoms with Crippen LogP contribution in [0.3, 0.4) is 0 Å². The van der Waals surface area contributed by atoms with Crippen molar-refractivity contribution in [3.05, 3.63) is 12.4 Å². The maximum atomic E-state index is 11.6. The first kappa shape index (κ1) is 13.2. The average Bonchev–Trinajstić information content (AvgIpc) is 2.63. The SMILES string of the molecule is CC(N)C(C)C(=O)Nc1cnn(CC(=O)O)c1. The van der Waals surface area contributed by atoms with Crippen molar-refractivity contribution in [2.24, 2.45) is 11.7 Å². The van der Waals surface area contributed by atoms with E-state index in [2.05, 4.69) is 10.4 Å². The second-order valence-corrected chi connectivity index (χ2v) is 3.96. The first-order valence-electron chi connectivity index (χ1n) is 5.21. The lowest BCUT2D eigenvalue weighted by molar-refractivity contribution is -0.137. The third-order valence-electron chi connectivity index (χ3n) is 2.40. The van der Waals surface area contributed by atoms with Crippen molar-refractivity contribution in [1.82, 2.24) is 9.78 Å². The van der Waals surface area contributed by atoms with Crippen molar-refractivity contribution < 1.29 is 14.7 Å². The van der Waals surface area contributed by atoms with E-state index in [1.54, 1.807) is 13.8 Å². The molecule has 0 fully saturated rings. The fraction of sp³-hybridized carbons (Fsp3) is 0.500. The molecule has 0 aromatic carbocycles. The van der Waals surface area contributed by atoms with Gasteiger partial charge in [0.1, 0.15) is 6.54 Å². The zero-order valence-electron chi connectivity index (χ0n) is 9.75. The highest BCUT2D eigenvalue weighted by molar-refractivity contribution is 5.92. The molecule has 1 heterocycles. The molecule has 7 heteroatoms. The van der Waals surface area contributed by atoms with Gasteiger partial charge in [-0.05, 0) is 6.92 Å². The number of aromatic nitrogens is 2. The minimum atomic E-state index is -0.991. The van der Waals surface area contributed by atoms with Crippen molar-refractivity contribution >= 4 is 17.6 Å². The summed E-state index contributed by atoms with van der Waals surface area (Å²) < 4.78 is 1.23. The molecule has 2 atom stereocenters. The second-order valence-electron chi connectivity index (χ2n) is 3.96. The van der Waals surface area contributed by atoms with Gasteiger partial charge >= 0.3 is 5.97 Å². The summed E-state index contributed by atoms with van der Waals surface area (Å²) in [6, 6.07) is -0.246. The van der Waals surface area contributed by atoms with Crippen LogP contribution >= 0.6 is 0 Å².